The van der Waals surface area contributed by atoms with Crippen molar-refractivity contribution in [1.29, 1.82) is 5.26 Å². The van der Waals surface area contributed by atoms with Crippen molar-refractivity contribution in [3.05, 3.63) is 35.4 Å². The number of nitrogens with zero attached hydrogens (tertiary/aromatic N) is 3. The molecule has 0 N–H and O–H groups in total. The lowest BCUT2D eigenvalue weighted by atomic mass is 10.1. The van der Waals surface area contributed by atoms with Gasteiger partial charge in [0.05, 0.1) is 11.6 Å². The molecular formula is C15H21N3. The van der Waals surface area contributed by atoms with E-state index < -0.39 is 0 Å². The third-order valence-electron chi connectivity index (χ3n) is 3.73. The Morgan fingerprint density at radius 1 is 1.50 bits per heavy atom. The van der Waals surface area contributed by atoms with Crippen LogP contribution in [0.3, 0.4) is 0 Å². The Hall–Kier alpha value is -1.37. The van der Waals surface area contributed by atoms with Gasteiger partial charge in [-0.3, -0.25) is 4.90 Å². The maximum Gasteiger partial charge on any atom is 0.0991 e. The highest BCUT2D eigenvalue weighted by Crippen LogP contribution is 2.17. The zero-order valence-electron chi connectivity index (χ0n) is 11.3. The highest BCUT2D eigenvalue weighted by atomic mass is 15.2. The Kier molecular flexibility index (Phi) is 4.35. The lowest BCUT2D eigenvalue weighted by molar-refractivity contribution is 0.199. The summed E-state index contributed by atoms with van der Waals surface area (Å²) in [5.74, 6) is 0. The Morgan fingerprint density at radius 2 is 2.33 bits per heavy atom. The SMILES string of the molecule is CCN(Cc1cccc(C#N)c1)C1CCN(C)C1. The molecule has 1 aromatic rings. The van der Waals surface area contributed by atoms with Gasteiger partial charge in [0.2, 0.25) is 0 Å². The minimum absolute atomic E-state index is 0.658. The molecule has 0 aromatic heterocycles. The third-order valence-corrected chi connectivity index (χ3v) is 3.73. The number of hydrogen-bond donors (Lipinski definition) is 0. The number of hydrogen-bond acceptors (Lipinski definition) is 3. The zero-order valence-corrected chi connectivity index (χ0v) is 11.3. The molecule has 1 heterocycles. The largest absolute Gasteiger partial charge is 0.305 e. The second-order valence-corrected chi connectivity index (χ2v) is 5.08. The smallest absolute Gasteiger partial charge is 0.0991 e. The molecule has 1 aromatic carbocycles. The topological polar surface area (TPSA) is 30.3 Å². The van der Waals surface area contributed by atoms with Crippen molar-refractivity contribution in [2.45, 2.75) is 25.9 Å². The fourth-order valence-electron chi connectivity index (χ4n) is 2.68. The van der Waals surface area contributed by atoms with Gasteiger partial charge in [0.25, 0.3) is 0 Å². The fourth-order valence-corrected chi connectivity index (χ4v) is 2.68. The molecule has 0 aliphatic carbocycles. The van der Waals surface area contributed by atoms with Crippen LogP contribution in [-0.2, 0) is 6.54 Å². The first-order chi connectivity index (χ1) is 8.72. The zero-order chi connectivity index (χ0) is 13.0. The van der Waals surface area contributed by atoms with Crippen LogP contribution in [-0.4, -0.2) is 42.5 Å². The third kappa shape index (κ3) is 3.10. The fraction of sp³-hybridized carbons (Fsp3) is 0.533. The minimum atomic E-state index is 0.658. The van der Waals surface area contributed by atoms with Crippen LogP contribution in [0, 0.1) is 11.3 Å². The lowest BCUT2D eigenvalue weighted by Crippen LogP contribution is -2.36. The first-order valence-corrected chi connectivity index (χ1v) is 6.64. The maximum absolute atomic E-state index is 8.93. The highest BCUT2D eigenvalue weighted by Gasteiger charge is 2.24. The van der Waals surface area contributed by atoms with Crippen LogP contribution in [0.25, 0.3) is 0 Å². The average molecular weight is 243 g/mol. The van der Waals surface area contributed by atoms with Crippen LogP contribution in [0.5, 0.6) is 0 Å². The van der Waals surface area contributed by atoms with Crippen molar-refractivity contribution < 1.29 is 0 Å². The number of likely N-dealkylation sites (N-methyl/N-ethyl adjacent to an activating group) is 2. The number of likely N-dealkylation sites (tertiary alicyclic amines) is 1. The van der Waals surface area contributed by atoms with Gasteiger partial charge in [0.15, 0.2) is 0 Å². The summed E-state index contributed by atoms with van der Waals surface area (Å²) in [7, 11) is 2.18. The molecular weight excluding hydrogens is 222 g/mol. The van der Waals surface area contributed by atoms with Crippen molar-refractivity contribution in [3.63, 3.8) is 0 Å². The number of benzene rings is 1. The van der Waals surface area contributed by atoms with Crippen LogP contribution in [0.1, 0.15) is 24.5 Å². The molecule has 0 amide bonds. The van der Waals surface area contributed by atoms with E-state index in [9.17, 15) is 0 Å². The van der Waals surface area contributed by atoms with E-state index in [4.69, 9.17) is 5.26 Å². The first kappa shape index (κ1) is 13.1. The van der Waals surface area contributed by atoms with Gasteiger partial charge in [-0.05, 0) is 44.3 Å². The Balaban J connectivity index is 2.03. The summed E-state index contributed by atoms with van der Waals surface area (Å²) in [6.07, 6.45) is 1.25. The molecule has 3 heteroatoms. The molecule has 3 nitrogen and oxygen atoms in total. The van der Waals surface area contributed by atoms with Gasteiger partial charge >= 0.3 is 0 Å². The van der Waals surface area contributed by atoms with Crippen molar-refractivity contribution >= 4 is 0 Å². The molecule has 1 fully saturated rings. The van der Waals surface area contributed by atoms with Crippen LogP contribution >= 0.6 is 0 Å². The molecule has 0 bridgehead atoms. The molecule has 2 rings (SSSR count). The second-order valence-electron chi connectivity index (χ2n) is 5.08. The van der Waals surface area contributed by atoms with Gasteiger partial charge in [-0.2, -0.15) is 5.26 Å². The van der Waals surface area contributed by atoms with Crippen molar-refractivity contribution in [2.24, 2.45) is 0 Å². The van der Waals surface area contributed by atoms with Gasteiger partial charge in [0, 0.05) is 19.1 Å². The lowest BCUT2D eigenvalue weighted by Gasteiger charge is -2.27. The molecule has 1 unspecified atom stereocenters. The summed E-state index contributed by atoms with van der Waals surface area (Å²) in [5, 5.41) is 8.93. The van der Waals surface area contributed by atoms with Gasteiger partial charge in [0.1, 0.15) is 0 Å². The molecule has 1 aliphatic heterocycles. The summed E-state index contributed by atoms with van der Waals surface area (Å²) in [5.41, 5.74) is 2.00. The molecule has 0 saturated carbocycles. The predicted octanol–water partition coefficient (Wildman–Crippen LogP) is 2.08. The monoisotopic (exact) mass is 243 g/mol. The van der Waals surface area contributed by atoms with Crippen LogP contribution in [0.15, 0.2) is 24.3 Å². The summed E-state index contributed by atoms with van der Waals surface area (Å²) in [4.78, 5) is 4.90. The van der Waals surface area contributed by atoms with Gasteiger partial charge < -0.3 is 4.90 Å². The van der Waals surface area contributed by atoms with Crippen LogP contribution in [0.4, 0.5) is 0 Å². The van der Waals surface area contributed by atoms with Crippen molar-refractivity contribution in [3.8, 4) is 6.07 Å². The average Bonchev–Trinajstić information content (AvgIpc) is 2.82. The standard InChI is InChI=1S/C15H21N3/c1-3-18(15-7-8-17(2)12-15)11-14-6-4-5-13(9-14)10-16/h4-6,9,15H,3,7-8,11-12H2,1-2H3. The maximum atomic E-state index is 8.93. The molecule has 1 saturated heterocycles. The van der Waals surface area contributed by atoms with E-state index in [2.05, 4.69) is 35.9 Å². The summed E-state index contributed by atoms with van der Waals surface area (Å²) < 4.78 is 0. The Morgan fingerprint density at radius 3 is 2.94 bits per heavy atom. The van der Waals surface area contributed by atoms with E-state index in [1.165, 1.54) is 18.5 Å². The predicted molar refractivity (Wildman–Crippen MR) is 73.1 cm³/mol. The summed E-state index contributed by atoms with van der Waals surface area (Å²) in [6, 6.07) is 10.8. The Labute approximate surface area is 110 Å². The molecule has 18 heavy (non-hydrogen) atoms. The van der Waals surface area contributed by atoms with Crippen LogP contribution < -0.4 is 0 Å². The normalized spacial score (nSPS) is 20.2. The molecule has 96 valence electrons. The van der Waals surface area contributed by atoms with E-state index in [-0.39, 0.29) is 0 Å². The number of nitriles is 1. The molecule has 0 radical (unpaired) electrons. The van der Waals surface area contributed by atoms with Crippen molar-refractivity contribution in [2.75, 3.05) is 26.7 Å². The summed E-state index contributed by atoms with van der Waals surface area (Å²) in [6.45, 7) is 6.58. The van der Waals surface area contributed by atoms with E-state index in [0.29, 0.717) is 6.04 Å². The van der Waals surface area contributed by atoms with Gasteiger partial charge in [-0.25, -0.2) is 0 Å². The quantitative estimate of drug-likeness (QED) is 0.811. The van der Waals surface area contributed by atoms with E-state index in [1.54, 1.807) is 0 Å². The Bertz CT molecular complexity index is 436. The molecule has 1 aliphatic rings. The first-order valence-electron chi connectivity index (χ1n) is 6.64. The van der Waals surface area contributed by atoms with E-state index in [0.717, 1.165) is 25.2 Å². The molecule has 1 atom stereocenters. The van der Waals surface area contributed by atoms with Crippen LogP contribution in [0.2, 0.25) is 0 Å². The molecule has 0 spiro atoms. The van der Waals surface area contributed by atoms with E-state index in [1.807, 2.05) is 18.2 Å². The second kappa shape index (κ2) is 5.99. The highest BCUT2D eigenvalue weighted by molar-refractivity contribution is 5.32. The minimum Gasteiger partial charge on any atom is -0.305 e. The summed E-state index contributed by atoms with van der Waals surface area (Å²) >= 11 is 0. The van der Waals surface area contributed by atoms with Gasteiger partial charge in [-0.1, -0.05) is 19.1 Å². The number of rotatable bonds is 4. The van der Waals surface area contributed by atoms with E-state index >= 15 is 0 Å². The van der Waals surface area contributed by atoms with Gasteiger partial charge in [-0.15, -0.1) is 0 Å². The van der Waals surface area contributed by atoms with Crippen molar-refractivity contribution in [1.82, 2.24) is 9.80 Å².